The first-order chi connectivity index (χ1) is 8.72. The van der Waals surface area contributed by atoms with Crippen molar-refractivity contribution in [2.45, 2.75) is 33.6 Å². The van der Waals surface area contributed by atoms with E-state index < -0.39 is 0 Å². The van der Waals surface area contributed by atoms with E-state index in [1.165, 1.54) is 0 Å². The van der Waals surface area contributed by atoms with Crippen molar-refractivity contribution in [1.29, 1.82) is 0 Å². The number of ether oxygens (including phenoxy) is 1. The van der Waals surface area contributed by atoms with Crippen LogP contribution in [0, 0.1) is 5.92 Å². The number of aliphatic imine (C=N–C) groups is 1. The highest BCUT2D eigenvalue weighted by Crippen LogP contribution is 2.18. The third-order valence-electron chi connectivity index (χ3n) is 3.06. The highest BCUT2D eigenvalue weighted by Gasteiger charge is 2.27. The van der Waals surface area contributed by atoms with Gasteiger partial charge in [0.05, 0.1) is 12.5 Å². The summed E-state index contributed by atoms with van der Waals surface area (Å²) in [6.45, 7) is 9.81. The summed E-state index contributed by atoms with van der Waals surface area (Å²) in [7, 11) is 0. The first-order valence-corrected chi connectivity index (χ1v) is 6.92. The molecule has 1 N–H and O–H groups in total. The molecule has 1 saturated heterocycles. The lowest BCUT2D eigenvalue weighted by molar-refractivity contribution is -0.149. The van der Waals surface area contributed by atoms with Crippen LogP contribution < -0.4 is 5.32 Å². The summed E-state index contributed by atoms with van der Waals surface area (Å²) in [6.07, 6.45) is 1.71. The molecule has 0 unspecified atom stereocenters. The zero-order valence-corrected chi connectivity index (χ0v) is 14.5. The molecule has 0 bridgehead atoms. The molecular formula is C13H26IN3O2. The minimum absolute atomic E-state index is 0. The molecule has 0 aliphatic carbocycles. The first kappa shape index (κ1) is 18.5. The Morgan fingerprint density at radius 1 is 1.32 bits per heavy atom. The first-order valence-electron chi connectivity index (χ1n) is 6.92. The maximum Gasteiger partial charge on any atom is 0.309 e. The van der Waals surface area contributed by atoms with Gasteiger partial charge in [0.1, 0.15) is 0 Å². The van der Waals surface area contributed by atoms with Gasteiger partial charge >= 0.3 is 5.97 Å². The fourth-order valence-electron chi connectivity index (χ4n) is 2.16. The second-order valence-electron chi connectivity index (χ2n) is 4.34. The maximum absolute atomic E-state index is 11.6. The molecule has 0 amide bonds. The highest BCUT2D eigenvalue weighted by atomic mass is 127. The predicted octanol–water partition coefficient (Wildman–Crippen LogP) is 1.86. The van der Waals surface area contributed by atoms with Gasteiger partial charge in [-0.05, 0) is 33.6 Å². The molecule has 0 aromatic heterocycles. The van der Waals surface area contributed by atoms with Gasteiger partial charge in [-0.15, -0.1) is 24.0 Å². The Bertz CT molecular complexity index is 290. The van der Waals surface area contributed by atoms with Crippen molar-refractivity contribution in [2.75, 3.05) is 32.8 Å². The largest absolute Gasteiger partial charge is 0.466 e. The summed E-state index contributed by atoms with van der Waals surface area (Å²) >= 11 is 0. The van der Waals surface area contributed by atoms with Gasteiger partial charge in [-0.25, -0.2) is 0 Å². The normalized spacial score (nSPS) is 16.8. The van der Waals surface area contributed by atoms with Crippen LogP contribution in [0.2, 0.25) is 0 Å². The van der Waals surface area contributed by atoms with Gasteiger partial charge in [-0.2, -0.15) is 0 Å². The maximum atomic E-state index is 11.6. The molecule has 1 heterocycles. The average molecular weight is 383 g/mol. The van der Waals surface area contributed by atoms with Crippen LogP contribution in [0.5, 0.6) is 0 Å². The Labute approximate surface area is 133 Å². The van der Waals surface area contributed by atoms with Crippen molar-refractivity contribution in [2.24, 2.45) is 10.9 Å². The Hall–Kier alpha value is -0.530. The fraction of sp³-hybridized carbons (Fsp3) is 0.846. The lowest BCUT2D eigenvalue weighted by atomic mass is 9.97. The third kappa shape index (κ3) is 5.97. The molecule has 0 aromatic carbocycles. The van der Waals surface area contributed by atoms with Crippen molar-refractivity contribution in [1.82, 2.24) is 10.2 Å². The molecule has 5 nitrogen and oxygen atoms in total. The number of nitrogens with zero attached hydrogens (tertiary/aromatic N) is 2. The minimum atomic E-state index is -0.0467. The second-order valence-corrected chi connectivity index (χ2v) is 4.34. The number of hydrogen-bond acceptors (Lipinski definition) is 3. The van der Waals surface area contributed by atoms with E-state index in [0.29, 0.717) is 6.61 Å². The summed E-state index contributed by atoms with van der Waals surface area (Å²) in [4.78, 5) is 18.3. The molecule has 1 aliphatic rings. The number of halogens is 1. The minimum Gasteiger partial charge on any atom is -0.466 e. The molecule has 0 spiro atoms. The van der Waals surface area contributed by atoms with Crippen LogP contribution >= 0.6 is 24.0 Å². The standard InChI is InChI=1S/C13H25N3O2.HI/c1-4-14-13(15-5-2)16-9-7-11(8-10-16)12(17)18-6-3;/h11H,4-10H2,1-3H3,(H,14,15);1H. The Morgan fingerprint density at radius 2 is 1.95 bits per heavy atom. The molecule has 0 radical (unpaired) electrons. The smallest absolute Gasteiger partial charge is 0.309 e. The van der Waals surface area contributed by atoms with Gasteiger partial charge in [0.15, 0.2) is 5.96 Å². The van der Waals surface area contributed by atoms with Crippen LogP contribution in [-0.2, 0) is 9.53 Å². The van der Waals surface area contributed by atoms with Crippen molar-refractivity contribution in [3.8, 4) is 0 Å². The van der Waals surface area contributed by atoms with Gasteiger partial charge in [0.2, 0.25) is 0 Å². The molecule has 1 rings (SSSR count). The molecule has 0 atom stereocenters. The predicted molar refractivity (Wildman–Crippen MR) is 88.0 cm³/mol. The number of carbonyl (C=O) groups excluding carboxylic acids is 1. The lowest BCUT2D eigenvalue weighted by Crippen LogP contribution is -2.46. The third-order valence-corrected chi connectivity index (χ3v) is 3.06. The second kappa shape index (κ2) is 10.3. The molecule has 1 aliphatic heterocycles. The molecule has 1 fully saturated rings. The van der Waals surface area contributed by atoms with Gasteiger partial charge in [0, 0.05) is 26.2 Å². The zero-order valence-electron chi connectivity index (χ0n) is 12.1. The van der Waals surface area contributed by atoms with Gasteiger partial charge in [-0.3, -0.25) is 9.79 Å². The number of rotatable bonds is 4. The van der Waals surface area contributed by atoms with E-state index in [2.05, 4.69) is 22.1 Å². The summed E-state index contributed by atoms with van der Waals surface area (Å²) in [6, 6.07) is 0. The van der Waals surface area contributed by atoms with E-state index in [0.717, 1.165) is 45.0 Å². The van der Waals surface area contributed by atoms with Crippen molar-refractivity contribution < 1.29 is 9.53 Å². The molecule has 0 aromatic rings. The quantitative estimate of drug-likeness (QED) is 0.349. The van der Waals surface area contributed by atoms with E-state index in [-0.39, 0.29) is 35.9 Å². The lowest BCUT2D eigenvalue weighted by Gasteiger charge is -2.33. The monoisotopic (exact) mass is 383 g/mol. The fourth-order valence-corrected chi connectivity index (χ4v) is 2.16. The van der Waals surface area contributed by atoms with Crippen molar-refractivity contribution in [3.63, 3.8) is 0 Å². The van der Waals surface area contributed by atoms with Gasteiger partial charge < -0.3 is 15.0 Å². The van der Waals surface area contributed by atoms with Crippen LogP contribution in [0.4, 0.5) is 0 Å². The SMILES string of the molecule is CCN=C(NCC)N1CCC(C(=O)OCC)CC1.I. The molecule has 112 valence electrons. The molecule has 6 heteroatoms. The number of hydrogen-bond donors (Lipinski definition) is 1. The summed E-state index contributed by atoms with van der Waals surface area (Å²) in [5.41, 5.74) is 0. The van der Waals surface area contributed by atoms with E-state index in [1.54, 1.807) is 0 Å². The van der Waals surface area contributed by atoms with E-state index >= 15 is 0 Å². The topological polar surface area (TPSA) is 53.9 Å². The van der Waals surface area contributed by atoms with Gasteiger partial charge in [-0.1, -0.05) is 0 Å². The van der Waals surface area contributed by atoms with Crippen molar-refractivity contribution >= 4 is 35.9 Å². The summed E-state index contributed by atoms with van der Waals surface area (Å²) in [5.74, 6) is 0.975. The van der Waals surface area contributed by atoms with Crippen LogP contribution in [0.3, 0.4) is 0 Å². The molecular weight excluding hydrogens is 357 g/mol. The molecule has 19 heavy (non-hydrogen) atoms. The Kier molecular flexibility index (Phi) is 9.99. The van der Waals surface area contributed by atoms with Crippen LogP contribution in [-0.4, -0.2) is 49.6 Å². The highest BCUT2D eigenvalue weighted by molar-refractivity contribution is 14.0. The summed E-state index contributed by atoms with van der Waals surface area (Å²) in [5, 5.41) is 3.28. The van der Waals surface area contributed by atoms with Crippen molar-refractivity contribution in [3.05, 3.63) is 0 Å². The number of carbonyl (C=O) groups is 1. The van der Waals surface area contributed by atoms with Crippen LogP contribution in [0.1, 0.15) is 33.6 Å². The van der Waals surface area contributed by atoms with E-state index in [4.69, 9.17) is 4.74 Å². The number of nitrogens with one attached hydrogen (secondary N) is 1. The summed E-state index contributed by atoms with van der Waals surface area (Å²) < 4.78 is 5.07. The van der Waals surface area contributed by atoms with Crippen LogP contribution in [0.25, 0.3) is 0 Å². The van der Waals surface area contributed by atoms with Gasteiger partial charge in [0.25, 0.3) is 0 Å². The Morgan fingerprint density at radius 3 is 2.42 bits per heavy atom. The van der Waals surface area contributed by atoms with Crippen LogP contribution in [0.15, 0.2) is 4.99 Å². The van der Waals surface area contributed by atoms with E-state index in [9.17, 15) is 4.79 Å². The average Bonchev–Trinajstić information content (AvgIpc) is 2.39. The zero-order chi connectivity index (χ0) is 13.4. The number of guanidine groups is 1. The number of esters is 1. The Balaban J connectivity index is 0.00000324. The van der Waals surface area contributed by atoms with E-state index in [1.807, 2.05) is 13.8 Å². The number of likely N-dealkylation sites (tertiary alicyclic amines) is 1. The number of piperidine rings is 1. The molecule has 0 saturated carbocycles.